The predicted octanol–water partition coefficient (Wildman–Crippen LogP) is 1.79. The maximum absolute atomic E-state index is 13.5. The van der Waals surface area contributed by atoms with Crippen LogP contribution in [0, 0.1) is 29.0 Å². The SMILES string of the molecule is N#C[C@@H]1C[C@@H]2C[C@@H]2N1C(=O)[C@@H](N)CN1C[C@@H]2C[C@H]1C(=O)N2[C@@H](c1ccc(F)cc1)C1CCC1. The fraction of sp³-hybridized carbons (Fsp3) is 0.640. The Balaban J connectivity index is 1.15. The lowest BCUT2D eigenvalue weighted by Crippen LogP contribution is -2.58. The molecule has 2 N–H and O–H groups in total. The molecule has 33 heavy (non-hydrogen) atoms. The van der Waals surface area contributed by atoms with Crippen LogP contribution in [0.1, 0.15) is 50.1 Å². The molecule has 1 aromatic rings. The van der Waals surface area contributed by atoms with Gasteiger partial charge in [0.15, 0.2) is 0 Å². The van der Waals surface area contributed by atoms with Gasteiger partial charge in [0.1, 0.15) is 11.9 Å². The largest absolute Gasteiger partial charge is 0.330 e. The average molecular weight is 452 g/mol. The van der Waals surface area contributed by atoms with Crippen LogP contribution < -0.4 is 5.73 Å². The average Bonchev–Trinajstić information content (AvgIpc) is 3.11. The molecule has 5 aliphatic rings. The molecule has 0 unspecified atom stereocenters. The van der Waals surface area contributed by atoms with E-state index in [9.17, 15) is 19.2 Å². The lowest BCUT2D eigenvalue weighted by atomic mass is 9.76. The van der Waals surface area contributed by atoms with E-state index in [1.807, 2.05) is 17.0 Å². The van der Waals surface area contributed by atoms with Gasteiger partial charge in [0.25, 0.3) is 0 Å². The van der Waals surface area contributed by atoms with Gasteiger partial charge in [-0.2, -0.15) is 5.26 Å². The molecule has 174 valence electrons. The van der Waals surface area contributed by atoms with E-state index in [0.717, 1.165) is 37.7 Å². The summed E-state index contributed by atoms with van der Waals surface area (Å²) in [4.78, 5) is 32.4. The summed E-state index contributed by atoms with van der Waals surface area (Å²) in [5.74, 6) is 0.557. The summed E-state index contributed by atoms with van der Waals surface area (Å²) in [6, 6.07) is 7.77. The first kappa shape index (κ1) is 21.1. The van der Waals surface area contributed by atoms with Crippen molar-refractivity contribution in [2.75, 3.05) is 13.1 Å². The van der Waals surface area contributed by atoms with Gasteiger partial charge in [0.2, 0.25) is 11.8 Å². The fourth-order valence-electron chi connectivity index (χ4n) is 6.74. The van der Waals surface area contributed by atoms with Crippen LogP contribution in [0.25, 0.3) is 0 Å². The molecule has 2 aliphatic carbocycles. The summed E-state index contributed by atoms with van der Waals surface area (Å²) in [6.45, 7) is 1.05. The molecular formula is C25H30FN5O2. The summed E-state index contributed by atoms with van der Waals surface area (Å²) < 4.78 is 13.5. The van der Waals surface area contributed by atoms with Crippen LogP contribution in [-0.2, 0) is 9.59 Å². The summed E-state index contributed by atoms with van der Waals surface area (Å²) >= 11 is 0. The summed E-state index contributed by atoms with van der Waals surface area (Å²) in [6.07, 6.45) is 5.83. The number of nitrogens with two attached hydrogens (primary N) is 1. The maximum Gasteiger partial charge on any atom is 0.242 e. The van der Waals surface area contributed by atoms with Crippen LogP contribution in [0.15, 0.2) is 24.3 Å². The number of carbonyl (C=O) groups excluding carboxylic acids is 2. The molecule has 3 heterocycles. The Morgan fingerprint density at radius 1 is 1.21 bits per heavy atom. The van der Waals surface area contributed by atoms with Crippen molar-refractivity contribution in [1.29, 1.82) is 5.26 Å². The molecule has 0 aromatic heterocycles. The molecule has 0 radical (unpaired) electrons. The highest BCUT2D eigenvalue weighted by Gasteiger charge is 2.56. The molecule has 7 atom stereocenters. The van der Waals surface area contributed by atoms with Crippen molar-refractivity contribution in [3.8, 4) is 6.07 Å². The number of hydrogen-bond acceptors (Lipinski definition) is 5. The normalized spacial score (nSPS) is 34.7. The first-order chi connectivity index (χ1) is 16.0. The lowest BCUT2D eigenvalue weighted by Gasteiger charge is -2.45. The van der Waals surface area contributed by atoms with Gasteiger partial charge in [-0.05, 0) is 61.6 Å². The maximum atomic E-state index is 13.5. The number of piperazine rings is 1. The third kappa shape index (κ3) is 3.36. The summed E-state index contributed by atoms with van der Waals surface area (Å²) in [5.41, 5.74) is 7.34. The van der Waals surface area contributed by atoms with Crippen LogP contribution in [0.5, 0.6) is 0 Å². The van der Waals surface area contributed by atoms with Gasteiger partial charge in [-0.25, -0.2) is 4.39 Å². The van der Waals surface area contributed by atoms with Crippen molar-refractivity contribution in [3.05, 3.63) is 35.6 Å². The van der Waals surface area contributed by atoms with Crippen molar-refractivity contribution in [1.82, 2.24) is 14.7 Å². The van der Waals surface area contributed by atoms with E-state index in [0.29, 0.717) is 24.9 Å². The van der Waals surface area contributed by atoms with E-state index in [1.165, 1.54) is 18.6 Å². The monoisotopic (exact) mass is 451 g/mol. The second-order valence-electron chi connectivity index (χ2n) is 10.6. The quantitative estimate of drug-likeness (QED) is 0.712. The highest BCUT2D eigenvalue weighted by Crippen LogP contribution is 2.49. The van der Waals surface area contributed by atoms with E-state index in [-0.39, 0.29) is 47.8 Å². The highest BCUT2D eigenvalue weighted by molar-refractivity contribution is 5.87. The van der Waals surface area contributed by atoms with Crippen LogP contribution in [0.3, 0.4) is 0 Å². The molecule has 0 spiro atoms. The van der Waals surface area contributed by atoms with Crippen LogP contribution in [0.2, 0.25) is 0 Å². The third-order valence-corrected chi connectivity index (χ3v) is 8.68. The molecule has 8 heteroatoms. The van der Waals surface area contributed by atoms with Gasteiger partial charge in [-0.3, -0.25) is 14.5 Å². The third-order valence-electron chi connectivity index (χ3n) is 8.68. The second kappa shape index (κ2) is 7.78. The second-order valence-corrected chi connectivity index (χ2v) is 10.6. The Morgan fingerprint density at radius 2 is 1.97 bits per heavy atom. The van der Waals surface area contributed by atoms with Gasteiger partial charge in [-0.15, -0.1) is 0 Å². The minimum Gasteiger partial charge on any atom is -0.330 e. The molecule has 2 saturated carbocycles. The molecule has 3 saturated heterocycles. The molecule has 6 rings (SSSR count). The standard InChI is InChI=1S/C25H30FN5O2/c26-17-6-4-15(5-7-17)23(14-2-1-3-14)31-19-10-22(25(31)33)29(12-19)13-20(28)24(32)30-18(11-27)8-16-9-21(16)30/h4-7,14,16,18-23H,1-3,8-10,12-13,28H2/t16-,18+,19+,20+,21+,22+,23-/m1/s1. The van der Waals surface area contributed by atoms with Crippen molar-refractivity contribution in [2.45, 2.75) is 74.8 Å². The van der Waals surface area contributed by atoms with Gasteiger partial charge in [0.05, 0.1) is 24.2 Å². The Hall–Kier alpha value is -2.50. The Kier molecular flexibility index (Phi) is 4.96. The zero-order chi connectivity index (χ0) is 22.9. The van der Waals surface area contributed by atoms with E-state index >= 15 is 0 Å². The first-order valence-electron chi connectivity index (χ1n) is 12.3. The Labute approximate surface area is 193 Å². The van der Waals surface area contributed by atoms with Crippen molar-refractivity contribution in [3.63, 3.8) is 0 Å². The number of piperidine rings is 1. The van der Waals surface area contributed by atoms with Crippen LogP contribution in [-0.4, -0.2) is 69.8 Å². The van der Waals surface area contributed by atoms with Crippen molar-refractivity contribution < 1.29 is 14.0 Å². The van der Waals surface area contributed by atoms with Gasteiger partial charge in [0, 0.05) is 25.2 Å². The molecule has 1 aromatic carbocycles. The lowest BCUT2D eigenvalue weighted by molar-refractivity contribution is -0.143. The number of amides is 2. The molecule has 2 amide bonds. The van der Waals surface area contributed by atoms with E-state index < -0.39 is 6.04 Å². The molecule has 3 aliphatic heterocycles. The van der Waals surface area contributed by atoms with E-state index in [2.05, 4.69) is 11.0 Å². The summed E-state index contributed by atoms with van der Waals surface area (Å²) in [7, 11) is 0. The zero-order valence-corrected chi connectivity index (χ0v) is 18.6. The van der Waals surface area contributed by atoms with Gasteiger partial charge < -0.3 is 15.5 Å². The molecule has 5 fully saturated rings. The highest BCUT2D eigenvalue weighted by atomic mass is 19.1. The minimum absolute atomic E-state index is 0.00732. The van der Waals surface area contributed by atoms with Crippen molar-refractivity contribution >= 4 is 11.8 Å². The number of nitriles is 1. The number of rotatable bonds is 6. The Morgan fingerprint density at radius 3 is 2.61 bits per heavy atom. The summed E-state index contributed by atoms with van der Waals surface area (Å²) in [5, 5.41) is 9.40. The minimum atomic E-state index is -0.722. The fourth-order valence-corrected chi connectivity index (χ4v) is 6.74. The number of hydrogen-bond donors (Lipinski definition) is 1. The number of fused-ring (bicyclic) bond motifs is 3. The molecular weight excluding hydrogens is 421 g/mol. The van der Waals surface area contributed by atoms with Crippen LogP contribution in [0.4, 0.5) is 4.39 Å². The van der Waals surface area contributed by atoms with Crippen molar-refractivity contribution in [2.24, 2.45) is 17.6 Å². The molecule has 7 nitrogen and oxygen atoms in total. The van der Waals surface area contributed by atoms with Gasteiger partial charge >= 0.3 is 0 Å². The number of nitrogens with zero attached hydrogens (tertiary/aromatic N) is 4. The predicted molar refractivity (Wildman–Crippen MR) is 118 cm³/mol. The first-order valence-corrected chi connectivity index (χ1v) is 12.3. The molecule has 2 bridgehead atoms. The van der Waals surface area contributed by atoms with E-state index in [4.69, 9.17) is 5.73 Å². The zero-order valence-electron chi connectivity index (χ0n) is 18.6. The number of halogens is 1. The number of likely N-dealkylation sites (tertiary alicyclic amines) is 3. The topological polar surface area (TPSA) is 93.7 Å². The van der Waals surface area contributed by atoms with Gasteiger partial charge in [-0.1, -0.05) is 18.6 Å². The number of carbonyl (C=O) groups is 2. The Bertz CT molecular complexity index is 1010. The smallest absolute Gasteiger partial charge is 0.242 e. The van der Waals surface area contributed by atoms with E-state index in [1.54, 1.807) is 4.90 Å². The van der Waals surface area contributed by atoms with Crippen LogP contribution >= 0.6 is 0 Å². The number of benzene rings is 1.